The highest BCUT2D eigenvalue weighted by Crippen LogP contribution is 2.24. The number of ether oxygens (including phenoxy) is 1. The average molecular weight is 333 g/mol. The second-order valence-electron chi connectivity index (χ2n) is 5.83. The van der Waals surface area contributed by atoms with Crippen molar-refractivity contribution in [3.05, 3.63) is 30.1 Å². The molecular weight excluding hydrogens is 312 g/mol. The molecule has 2 rings (SSSR count). The fraction of sp³-hybridized carbons (Fsp3) is 0.643. The molecule has 21 heavy (non-hydrogen) atoms. The van der Waals surface area contributed by atoms with Gasteiger partial charge in [0, 0.05) is 37.3 Å². The number of aryl methyl sites for hydroxylation is 1. The van der Waals surface area contributed by atoms with Gasteiger partial charge in [-0.3, -0.25) is 4.98 Å². The van der Waals surface area contributed by atoms with Crippen LogP contribution in [0.25, 0.3) is 0 Å². The summed E-state index contributed by atoms with van der Waals surface area (Å²) in [5.41, 5.74) is 0.262. The topological polar surface area (TPSA) is 59.5 Å². The lowest BCUT2D eigenvalue weighted by atomic mass is 10.1. The van der Waals surface area contributed by atoms with Gasteiger partial charge in [0.05, 0.1) is 17.5 Å². The van der Waals surface area contributed by atoms with Crippen molar-refractivity contribution in [2.45, 2.75) is 32.0 Å². The van der Waals surface area contributed by atoms with E-state index in [9.17, 15) is 8.42 Å². The Bertz CT molecular complexity index is 563. The van der Waals surface area contributed by atoms with E-state index in [4.69, 9.17) is 16.3 Å². The van der Waals surface area contributed by atoms with Gasteiger partial charge in [0.15, 0.2) is 0 Å². The lowest BCUT2D eigenvalue weighted by molar-refractivity contribution is -0.107. The molecule has 1 aromatic rings. The van der Waals surface area contributed by atoms with E-state index in [1.165, 1.54) is 4.31 Å². The molecule has 0 saturated carbocycles. The van der Waals surface area contributed by atoms with Crippen LogP contribution in [0.5, 0.6) is 0 Å². The van der Waals surface area contributed by atoms with Crippen molar-refractivity contribution in [2.24, 2.45) is 0 Å². The molecule has 5 nitrogen and oxygen atoms in total. The third-order valence-electron chi connectivity index (χ3n) is 3.36. The molecule has 1 unspecified atom stereocenters. The second kappa shape index (κ2) is 6.60. The summed E-state index contributed by atoms with van der Waals surface area (Å²) in [6.07, 6.45) is 1.82. The first kappa shape index (κ1) is 16.7. The molecule has 1 aliphatic heterocycles. The summed E-state index contributed by atoms with van der Waals surface area (Å²) < 4.78 is 32.3. The van der Waals surface area contributed by atoms with Crippen LogP contribution in [0, 0.1) is 0 Å². The molecule has 0 bridgehead atoms. The molecule has 0 aromatic carbocycles. The number of pyridine rings is 1. The molecule has 1 aliphatic rings. The van der Waals surface area contributed by atoms with Gasteiger partial charge in [0.2, 0.25) is 10.0 Å². The predicted molar refractivity (Wildman–Crippen MR) is 83.0 cm³/mol. The first-order valence-corrected chi connectivity index (χ1v) is 9.08. The van der Waals surface area contributed by atoms with Crippen LogP contribution in [0.3, 0.4) is 0 Å². The number of morpholine rings is 1. The van der Waals surface area contributed by atoms with Crippen LogP contribution in [-0.2, 0) is 21.2 Å². The summed E-state index contributed by atoms with van der Waals surface area (Å²) in [4.78, 5) is 4.16. The molecule has 1 saturated heterocycles. The molecular formula is C14H21ClN2O3S. The number of sulfonamides is 1. The SMILES string of the molecule is CC1(C)CN(S(=O)(=O)CCc2ccccn2)CC(CCl)O1. The maximum atomic E-state index is 12.5. The van der Waals surface area contributed by atoms with Crippen LogP contribution in [0.2, 0.25) is 0 Å². The highest BCUT2D eigenvalue weighted by atomic mass is 35.5. The minimum atomic E-state index is -3.34. The normalized spacial score (nSPS) is 23.1. The van der Waals surface area contributed by atoms with Crippen molar-refractivity contribution in [2.75, 3.05) is 24.7 Å². The van der Waals surface area contributed by atoms with Crippen LogP contribution in [0.1, 0.15) is 19.5 Å². The Kier molecular flexibility index (Phi) is 5.24. The first-order chi connectivity index (χ1) is 9.82. The Hall–Kier alpha value is -0.690. The third kappa shape index (κ3) is 4.64. The van der Waals surface area contributed by atoms with Gasteiger partial charge in [-0.1, -0.05) is 6.07 Å². The predicted octanol–water partition coefficient (Wildman–Crippen LogP) is 1.67. The van der Waals surface area contributed by atoms with Crippen molar-refractivity contribution in [3.63, 3.8) is 0 Å². The van der Waals surface area contributed by atoms with E-state index in [0.29, 0.717) is 19.5 Å². The van der Waals surface area contributed by atoms with Crippen molar-refractivity contribution < 1.29 is 13.2 Å². The third-order valence-corrected chi connectivity index (χ3v) is 5.49. The zero-order chi connectivity index (χ0) is 15.5. The van der Waals surface area contributed by atoms with Crippen LogP contribution >= 0.6 is 11.6 Å². The summed E-state index contributed by atoms with van der Waals surface area (Å²) >= 11 is 5.84. The molecule has 1 aromatic heterocycles. The molecule has 2 heterocycles. The van der Waals surface area contributed by atoms with Crippen LogP contribution < -0.4 is 0 Å². The van der Waals surface area contributed by atoms with Gasteiger partial charge in [-0.25, -0.2) is 8.42 Å². The van der Waals surface area contributed by atoms with E-state index in [2.05, 4.69) is 4.98 Å². The highest BCUT2D eigenvalue weighted by molar-refractivity contribution is 7.89. The fourth-order valence-electron chi connectivity index (χ4n) is 2.44. The van der Waals surface area contributed by atoms with E-state index in [1.807, 2.05) is 32.0 Å². The van der Waals surface area contributed by atoms with Gasteiger partial charge in [-0.2, -0.15) is 4.31 Å². The fourth-order valence-corrected chi connectivity index (χ4v) is 4.23. The highest BCUT2D eigenvalue weighted by Gasteiger charge is 2.38. The molecule has 0 aliphatic carbocycles. The van der Waals surface area contributed by atoms with Gasteiger partial charge in [0.1, 0.15) is 0 Å². The summed E-state index contributed by atoms with van der Waals surface area (Å²) in [6.45, 7) is 4.43. The summed E-state index contributed by atoms with van der Waals surface area (Å²) in [5.74, 6) is 0.338. The largest absolute Gasteiger partial charge is 0.368 e. The van der Waals surface area contributed by atoms with Crippen LogP contribution in [0.15, 0.2) is 24.4 Å². The first-order valence-electron chi connectivity index (χ1n) is 6.94. The zero-order valence-electron chi connectivity index (χ0n) is 12.3. The Morgan fingerprint density at radius 2 is 2.24 bits per heavy atom. The Balaban J connectivity index is 2.04. The van der Waals surface area contributed by atoms with E-state index in [0.717, 1.165) is 5.69 Å². The Morgan fingerprint density at radius 1 is 1.48 bits per heavy atom. The molecule has 1 fully saturated rings. The minimum Gasteiger partial charge on any atom is -0.368 e. The molecule has 1 atom stereocenters. The van der Waals surface area contributed by atoms with Gasteiger partial charge in [0.25, 0.3) is 0 Å². The standard InChI is InChI=1S/C14H21ClN2O3S/c1-14(2)11-17(10-13(9-15)20-14)21(18,19)8-6-12-5-3-4-7-16-12/h3-5,7,13H,6,8-11H2,1-2H3. The van der Waals surface area contributed by atoms with Gasteiger partial charge in [-0.15, -0.1) is 11.6 Å². The molecule has 0 N–H and O–H groups in total. The molecule has 0 spiro atoms. The number of aromatic nitrogens is 1. The van der Waals surface area contributed by atoms with Crippen LogP contribution in [0.4, 0.5) is 0 Å². The quantitative estimate of drug-likeness (QED) is 0.770. The van der Waals surface area contributed by atoms with Crippen molar-refractivity contribution in [3.8, 4) is 0 Å². The van der Waals surface area contributed by atoms with Gasteiger partial charge in [-0.05, 0) is 26.0 Å². The molecule has 0 amide bonds. The van der Waals surface area contributed by atoms with E-state index >= 15 is 0 Å². The number of halogens is 1. The lowest BCUT2D eigenvalue weighted by Gasteiger charge is -2.41. The molecule has 0 radical (unpaired) electrons. The maximum absolute atomic E-state index is 12.5. The number of rotatable bonds is 5. The van der Waals surface area contributed by atoms with Gasteiger partial charge >= 0.3 is 0 Å². The average Bonchev–Trinajstić information content (AvgIpc) is 2.44. The maximum Gasteiger partial charge on any atom is 0.214 e. The number of hydrogen-bond donors (Lipinski definition) is 0. The smallest absolute Gasteiger partial charge is 0.214 e. The summed E-state index contributed by atoms with van der Waals surface area (Å²) in [6, 6.07) is 5.50. The lowest BCUT2D eigenvalue weighted by Crippen LogP contribution is -2.55. The van der Waals surface area contributed by atoms with Crippen molar-refractivity contribution >= 4 is 21.6 Å². The summed E-state index contributed by atoms with van der Waals surface area (Å²) in [7, 11) is -3.34. The Morgan fingerprint density at radius 3 is 2.86 bits per heavy atom. The molecule has 118 valence electrons. The summed E-state index contributed by atoms with van der Waals surface area (Å²) in [5, 5.41) is 0. The van der Waals surface area contributed by atoms with Crippen molar-refractivity contribution in [1.82, 2.24) is 9.29 Å². The molecule has 7 heteroatoms. The number of hydrogen-bond acceptors (Lipinski definition) is 4. The monoisotopic (exact) mass is 332 g/mol. The Labute approximate surface area is 131 Å². The van der Waals surface area contributed by atoms with E-state index < -0.39 is 15.6 Å². The number of alkyl halides is 1. The number of nitrogens with zero attached hydrogens (tertiary/aromatic N) is 2. The van der Waals surface area contributed by atoms with E-state index in [1.54, 1.807) is 6.20 Å². The van der Waals surface area contributed by atoms with Crippen molar-refractivity contribution in [1.29, 1.82) is 0 Å². The van der Waals surface area contributed by atoms with E-state index in [-0.39, 0.29) is 17.7 Å². The van der Waals surface area contributed by atoms with Gasteiger partial charge < -0.3 is 4.74 Å². The van der Waals surface area contributed by atoms with Crippen LogP contribution in [-0.4, -0.2) is 54.1 Å². The second-order valence-corrected chi connectivity index (χ2v) is 8.23. The zero-order valence-corrected chi connectivity index (χ0v) is 13.9. The minimum absolute atomic E-state index is 0.0507.